The van der Waals surface area contributed by atoms with Crippen LogP contribution in [0, 0.1) is 23.7 Å². The quantitative estimate of drug-likeness (QED) is 0.691. The molecule has 4 bridgehead atoms. The van der Waals surface area contributed by atoms with Crippen molar-refractivity contribution in [3.8, 4) is 0 Å². The third kappa shape index (κ3) is 4.25. The van der Waals surface area contributed by atoms with E-state index in [-0.39, 0.29) is 11.9 Å². The van der Waals surface area contributed by atoms with E-state index >= 15 is 0 Å². The normalized spacial score (nSPS) is 34.7. The van der Waals surface area contributed by atoms with Crippen molar-refractivity contribution in [3.05, 3.63) is 0 Å². The summed E-state index contributed by atoms with van der Waals surface area (Å²) in [6.45, 7) is 5.23. The molecule has 0 atom stereocenters. The van der Waals surface area contributed by atoms with Gasteiger partial charge in [-0.2, -0.15) is 0 Å². The fourth-order valence-corrected chi connectivity index (χ4v) is 5.43. The summed E-state index contributed by atoms with van der Waals surface area (Å²) in [5.74, 6) is 3.05. The molecule has 130 valence electrons. The zero-order chi connectivity index (χ0) is 16.4. The van der Waals surface area contributed by atoms with Gasteiger partial charge in [0.25, 0.3) is 5.91 Å². The smallest absolute Gasteiger partial charge is 0.321 e. The fourth-order valence-electron chi connectivity index (χ4n) is 5.43. The highest BCUT2D eigenvalue weighted by atomic mass is 16.2. The van der Waals surface area contributed by atoms with Gasteiger partial charge in [-0.15, -0.1) is 0 Å². The predicted octanol–water partition coefficient (Wildman–Crippen LogP) is 1.39. The molecule has 4 N–H and O–H groups in total. The van der Waals surface area contributed by atoms with Crippen molar-refractivity contribution in [1.29, 1.82) is 0 Å². The fraction of sp³-hybridized carbons (Fsp3) is 0.889. The molecule has 0 unspecified atom stereocenters. The zero-order valence-corrected chi connectivity index (χ0v) is 14.6. The number of hydrogen-bond acceptors (Lipinski definition) is 2. The monoisotopic (exact) mass is 322 g/mol. The molecule has 0 heterocycles. The van der Waals surface area contributed by atoms with Crippen LogP contribution in [0.25, 0.3) is 0 Å². The zero-order valence-electron chi connectivity index (χ0n) is 14.6. The van der Waals surface area contributed by atoms with Crippen LogP contribution in [0.3, 0.4) is 0 Å². The second-order valence-electron chi connectivity index (χ2n) is 8.67. The van der Waals surface area contributed by atoms with E-state index < -0.39 is 0 Å². The molecule has 4 rings (SSSR count). The molecule has 4 saturated carbocycles. The number of carbonyl (C=O) groups excluding carboxylic acids is 2. The molecule has 4 aliphatic rings. The summed E-state index contributed by atoms with van der Waals surface area (Å²) in [6, 6.07) is -0.352. The molecule has 0 aromatic rings. The van der Waals surface area contributed by atoms with Crippen LogP contribution in [-0.4, -0.2) is 30.6 Å². The second-order valence-corrected chi connectivity index (χ2v) is 8.67. The van der Waals surface area contributed by atoms with Crippen molar-refractivity contribution in [2.45, 2.75) is 64.3 Å². The molecule has 4 aliphatic carbocycles. The number of nitrogens with two attached hydrogens (primary N) is 1. The molecular weight excluding hydrogens is 290 g/mol. The van der Waals surface area contributed by atoms with E-state index in [0.717, 1.165) is 24.2 Å². The second kappa shape index (κ2) is 6.80. The van der Waals surface area contributed by atoms with Crippen molar-refractivity contribution in [1.82, 2.24) is 10.6 Å². The Kier molecular flexibility index (Phi) is 4.95. The molecule has 23 heavy (non-hydrogen) atoms. The first-order chi connectivity index (χ1) is 10.9. The van der Waals surface area contributed by atoms with Crippen LogP contribution in [0.4, 0.5) is 4.79 Å². The number of hydrogen-bond donors (Lipinski definition) is 3. The SMILES string of the molecule is CC(C)CCNC(=O)NC(=O)C[NH2+]C12CC3CC(CC(C3)C1)C2. The lowest BCUT2D eigenvalue weighted by molar-refractivity contribution is -0.730. The van der Waals surface area contributed by atoms with Crippen LogP contribution >= 0.6 is 0 Å². The molecule has 0 aliphatic heterocycles. The molecule has 0 aromatic heterocycles. The Morgan fingerprint density at radius 1 is 1.09 bits per heavy atom. The molecule has 0 saturated heterocycles. The number of nitrogens with one attached hydrogen (secondary N) is 2. The number of amides is 3. The minimum Gasteiger partial charge on any atom is -0.338 e. The Morgan fingerprint density at radius 3 is 2.17 bits per heavy atom. The van der Waals surface area contributed by atoms with Gasteiger partial charge >= 0.3 is 6.03 Å². The largest absolute Gasteiger partial charge is 0.338 e. The lowest BCUT2D eigenvalue weighted by Crippen LogP contribution is -3.00. The molecule has 4 fully saturated rings. The highest BCUT2D eigenvalue weighted by molar-refractivity contribution is 5.94. The molecule has 0 spiro atoms. The van der Waals surface area contributed by atoms with Crippen LogP contribution in [0.15, 0.2) is 0 Å². The van der Waals surface area contributed by atoms with E-state index in [1.165, 1.54) is 38.5 Å². The van der Waals surface area contributed by atoms with E-state index in [4.69, 9.17) is 0 Å². The van der Waals surface area contributed by atoms with Crippen molar-refractivity contribution in [2.24, 2.45) is 23.7 Å². The summed E-state index contributed by atoms with van der Waals surface area (Å²) in [7, 11) is 0. The summed E-state index contributed by atoms with van der Waals surface area (Å²) in [4.78, 5) is 23.7. The molecule has 5 heteroatoms. The number of rotatable bonds is 6. The topological polar surface area (TPSA) is 74.8 Å². The highest BCUT2D eigenvalue weighted by Gasteiger charge is 2.53. The van der Waals surface area contributed by atoms with Crippen LogP contribution in [-0.2, 0) is 4.79 Å². The number of urea groups is 1. The number of carbonyl (C=O) groups is 2. The minimum atomic E-state index is -0.352. The third-order valence-corrected chi connectivity index (χ3v) is 6.07. The summed E-state index contributed by atoms with van der Waals surface area (Å²) in [6.07, 6.45) is 8.99. The van der Waals surface area contributed by atoms with Gasteiger partial charge in [0.1, 0.15) is 0 Å². The Hall–Kier alpha value is -1.10. The van der Waals surface area contributed by atoms with Gasteiger partial charge in [-0.3, -0.25) is 10.1 Å². The lowest BCUT2D eigenvalue weighted by atomic mass is 9.53. The van der Waals surface area contributed by atoms with Gasteiger partial charge in [0, 0.05) is 25.8 Å². The summed E-state index contributed by atoms with van der Waals surface area (Å²) < 4.78 is 0. The van der Waals surface area contributed by atoms with Crippen molar-refractivity contribution in [2.75, 3.05) is 13.1 Å². The Bertz CT molecular complexity index is 426. The van der Waals surface area contributed by atoms with Gasteiger partial charge < -0.3 is 10.6 Å². The van der Waals surface area contributed by atoms with Gasteiger partial charge in [0.05, 0.1) is 5.54 Å². The summed E-state index contributed by atoms with van der Waals surface area (Å²) >= 11 is 0. The Morgan fingerprint density at radius 2 is 1.65 bits per heavy atom. The van der Waals surface area contributed by atoms with E-state index in [1.54, 1.807) is 0 Å². The summed E-state index contributed by atoms with van der Waals surface area (Å²) in [5, 5.41) is 7.46. The van der Waals surface area contributed by atoms with Crippen molar-refractivity contribution < 1.29 is 14.9 Å². The number of imide groups is 1. The standard InChI is InChI=1S/C18H31N3O2/c1-12(2)3-4-19-17(23)21-16(22)11-20-18-8-13-5-14(9-18)7-15(6-13)10-18/h12-15,20H,3-11H2,1-2H3,(H2,19,21,22,23)/p+1. The molecular formula is C18H32N3O2+. The van der Waals surface area contributed by atoms with E-state index in [0.29, 0.717) is 24.5 Å². The summed E-state index contributed by atoms with van der Waals surface area (Å²) in [5.41, 5.74) is 0.292. The maximum Gasteiger partial charge on any atom is 0.321 e. The van der Waals surface area contributed by atoms with Crippen LogP contribution < -0.4 is 16.0 Å². The third-order valence-electron chi connectivity index (χ3n) is 6.07. The molecule has 0 radical (unpaired) electrons. The van der Waals surface area contributed by atoms with Gasteiger partial charge in [-0.1, -0.05) is 13.8 Å². The average Bonchev–Trinajstić information content (AvgIpc) is 2.43. The first-order valence-electron chi connectivity index (χ1n) is 9.36. The van der Waals surface area contributed by atoms with E-state index in [9.17, 15) is 9.59 Å². The van der Waals surface area contributed by atoms with Crippen LogP contribution in [0.5, 0.6) is 0 Å². The average molecular weight is 322 g/mol. The highest BCUT2D eigenvalue weighted by Crippen LogP contribution is 2.54. The molecule has 3 amide bonds. The first kappa shape index (κ1) is 16.7. The van der Waals surface area contributed by atoms with E-state index in [2.05, 4.69) is 29.8 Å². The number of quaternary nitrogens is 1. The van der Waals surface area contributed by atoms with E-state index in [1.807, 2.05) is 0 Å². The van der Waals surface area contributed by atoms with Gasteiger partial charge in [-0.05, 0) is 49.4 Å². The first-order valence-corrected chi connectivity index (χ1v) is 9.36. The van der Waals surface area contributed by atoms with Crippen molar-refractivity contribution in [3.63, 3.8) is 0 Å². The van der Waals surface area contributed by atoms with Gasteiger partial charge in [-0.25, -0.2) is 4.79 Å². The Labute approximate surface area is 139 Å². The molecule has 5 nitrogen and oxygen atoms in total. The maximum absolute atomic E-state index is 12.0. The van der Waals surface area contributed by atoms with Gasteiger partial charge in [0.15, 0.2) is 6.54 Å². The maximum atomic E-state index is 12.0. The van der Waals surface area contributed by atoms with Crippen LogP contribution in [0.2, 0.25) is 0 Å². The minimum absolute atomic E-state index is 0.164. The van der Waals surface area contributed by atoms with Crippen LogP contribution in [0.1, 0.15) is 58.8 Å². The predicted molar refractivity (Wildman–Crippen MR) is 88.7 cm³/mol. The lowest BCUT2D eigenvalue weighted by Gasteiger charge is -2.54. The Balaban J connectivity index is 1.40. The van der Waals surface area contributed by atoms with Gasteiger partial charge in [0.2, 0.25) is 0 Å². The van der Waals surface area contributed by atoms with Crippen molar-refractivity contribution >= 4 is 11.9 Å². The molecule has 0 aromatic carbocycles.